The molecular formula is C17H20F4N2O3. The standard InChI is InChI=1S/C17H20F4N2O3/c1-6-7-12(18)14(17(19,20)21)15(25-4)22-10(2)11-8-13(16(24)26-5)23(3)9-11/h7-9H,6H2,1-5H3/b12-7-,15-14-,22-10?. The molecular weight excluding hydrogens is 356 g/mol. The highest BCUT2D eigenvalue weighted by Crippen LogP contribution is 2.35. The number of rotatable bonds is 6. The molecule has 0 atom stereocenters. The molecule has 0 spiro atoms. The van der Waals surface area contributed by atoms with Crippen molar-refractivity contribution in [3.8, 4) is 0 Å². The average Bonchev–Trinajstić information content (AvgIpc) is 2.94. The Kier molecular flexibility index (Phi) is 7.17. The van der Waals surface area contributed by atoms with Crippen molar-refractivity contribution >= 4 is 11.7 Å². The van der Waals surface area contributed by atoms with Crippen LogP contribution >= 0.6 is 0 Å². The lowest BCUT2D eigenvalue weighted by atomic mass is 10.2. The molecule has 0 aromatic carbocycles. The Hall–Kier alpha value is -2.58. The van der Waals surface area contributed by atoms with Crippen LogP contribution in [0.5, 0.6) is 0 Å². The molecule has 1 rings (SSSR count). The zero-order chi connectivity index (χ0) is 20.1. The SMILES string of the molecule is CC/C=C(F)/C(=C(\N=C(C)c1cc(C(=O)OC)n(C)c1)OC)C(F)(F)F. The molecule has 0 aliphatic carbocycles. The van der Waals surface area contributed by atoms with Gasteiger partial charge in [0.2, 0.25) is 5.88 Å². The Morgan fingerprint density at radius 2 is 1.92 bits per heavy atom. The van der Waals surface area contributed by atoms with Crippen molar-refractivity contribution in [2.45, 2.75) is 26.4 Å². The van der Waals surface area contributed by atoms with Crippen LogP contribution in [0.2, 0.25) is 0 Å². The normalized spacial score (nSPS) is 14.2. The number of aryl methyl sites for hydroxylation is 1. The van der Waals surface area contributed by atoms with Gasteiger partial charge in [0.1, 0.15) is 11.5 Å². The predicted molar refractivity (Wildman–Crippen MR) is 88.5 cm³/mol. The van der Waals surface area contributed by atoms with Crippen LogP contribution in [0.4, 0.5) is 17.6 Å². The average molecular weight is 376 g/mol. The molecule has 0 radical (unpaired) electrons. The van der Waals surface area contributed by atoms with E-state index in [1.807, 2.05) is 0 Å². The minimum absolute atomic E-state index is 0.0757. The first-order chi connectivity index (χ1) is 12.1. The second kappa shape index (κ2) is 8.68. The van der Waals surface area contributed by atoms with Gasteiger partial charge in [-0.2, -0.15) is 13.2 Å². The van der Waals surface area contributed by atoms with Gasteiger partial charge >= 0.3 is 12.1 Å². The predicted octanol–water partition coefficient (Wildman–Crippen LogP) is 4.30. The second-order valence-corrected chi connectivity index (χ2v) is 5.26. The summed E-state index contributed by atoms with van der Waals surface area (Å²) >= 11 is 0. The Labute approximate surface area is 148 Å². The van der Waals surface area contributed by atoms with Gasteiger partial charge in [-0.25, -0.2) is 14.2 Å². The summed E-state index contributed by atoms with van der Waals surface area (Å²) < 4.78 is 64.4. The molecule has 1 heterocycles. The summed E-state index contributed by atoms with van der Waals surface area (Å²) in [4.78, 5) is 15.4. The minimum atomic E-state index is -4.99. The first-order valence-electron chi connectivity index (χ1n) is 7.58. The number of hydrogen-bond donors (Lipinski definition) is 0. The molecule has 0 bridgehead atoms. The first-order valence-corrected chi connectivity index (χ1v) is 7.58. The number of nitrogens with zero attached hydrogens (tertiary/aromatic N) is 2. The maximum atomic E-state index is 13.9. The molecule has 0 N–H and O–H groups in total. The fourth-order valence-electron chi connectivity index (χ4n) is 2.13. The molecule has 144 valence electrons. The maximum absolute atomic E-state index is 13.9. The van der Waals surface area contributed by atoms with E-state index in [0.29, 0.717) is 5.56 Å². The number of allylic oxidation sites excluding steroid dienone is 3. The van der Waals surface area contributed by atoms with E-state index in [4.69, 9.17) is 4.74 Å². The van der Waals surface area contributed by atoms with E-state index in [-0.39, 0.29) is 17.8 Å². The lowest BCUT2D eigenvalue weighted by Crippen LogP contribution is -2.16. The van der Waals surface area contributed by atoms with Crippen molar-refractivity contribution in [2.75, 3.05) is 14.2 Å². The van der Waals surface area contributed by atoms with Gasteiger partial charge in [0.15, 0.2) is 5.57 Å². The number of aliphatic imine (C=N–C) groups is 1. The molecule has 26 heavy (non-hydrogen) atoms. The smallest absolute Gasteiger partial charge is 0.424 e. The topological polar surface area (TPSA) is 52.8 Å². The van der Waals surface area contributed by atoms with Crippen LogP contribution in [0.25, 0.3) is 0 Å². The van der Waals surface area contributed by atoms with E-state index in [1.54, 1.807) is 7.05 Å². The molecule has 0 amide bonds. The summed E-state index contributed by atoms with van der Waals surface area (Å²) in [5.74, 6) is -2.97. The van der Waals surface area contributed by atoms with Crippen molar-refractivity contribution in [1.29, 1.82) is 0 Å². The summed E-state index contributed by atoms with van der Waals surface area (Å²) in [6.45, 7) is 2.93. The largest absolute Gasteiger partial charge is 0.480 e. The molecule has 0 unspecified atom stereocenters. The minimum Gasteiger partial charge on any atom is -0.480 e. The molecule has 9 heteroatoms. The van der Waals surface area contributed by atoms with Gasteiger partial charge in [0.05, 0.1) is 19.9 Å². The molecule has 1 aromatic heterocycles. The van der Waals surface area contributed by atoms with Crippen molar-refractivity contribution in [3.05, 3.63) is 46.9 Å². The van der Waals surface area contributed by atoms with E-state index in [1.165, 1.54) is 37.8 Å². The highest BCUT2D eigenvalue weighted by atomic mass is 19.4. The van der Waals surface area contributed by atoms with E-state index in [9.17, 15) is 22.4 Å². The monoisotopic (exact) mass is 376 g/mol. The van der Waals surface area contributed by atoms with Crippen LogP contribution in [0.1, 0.15) is 36.3 Å². The Morgan fingerprint density at radius 1 is 1.31 bits per heavy atom. The summed E-state index contributed by atoms with van der Waals surface area (Å²) in [6.07, 6.45) is -2.63. The molecule has 0 aliphatic heterocycles. The summed E-state index contributed by atoms with van der Waals surface area (Å²) in [5.41, 5.74) is -0.930. The Balaban J connectivity index is 3.49. The molecule has 0 aliphatic rings. The van der Waals surface area contributed by atoms with E-state index in [0.717, 1.165) is 13.2 Å². The van der Waals surface area contributed by atoms with Gasteiger partial charge in [0, 0.05) is 18.8 Å². The fraction of sp³-hybridized carbons (Fsp3) is 0.412. The Bertz CT molecular complexity index is 759. The van der Waals surface area contributed by atoms with Crippen LogP contribution in [0.3, 0.4) is 0 Å². The summed E-state index contributed by atoms with van der Waals surface area (Å²) in [5, 5.41) is 0. The van der Waals surface area contributed by atoms with Gasteiger partial charge in [0.25, 0.3) is 0 Å². The molecule has 0 fully saturated rings. The number of esters is 1. The third-order valence-electron chi connectivity index (χ3n) is 3.40. The van der Waals surface area contributed by atoms with Gasteiger partial charge in [-0.15, -0.1) is 0 Å². The molecule has 5 nitrogen and oxygen atoms in total. The fourth-order valence-corrected chi connectivity index (χ4v) is 2.13. The third-order valence-corrected chi connectivity index (χ3v) is 3.40. The number of hydrogen-bond acceptors (Lipinski definition) is 4. The number of ether oxygens (including phenoxy) is 2. The number of alkyl halides is 3. The van der Waals surface area contributed by atoms with E-state index >= 15 is 0 Å². The quantitative estimate of drug-likeness (QED) is 0.245. The van der Waals surface area contributed by atoms with Gasteiger partial charge in [-0.05, 0) is 25.5 Å². The van der Waals surface area contributed by atoms with Crippen LogP contribution in [-0.2, 0) is 16.5 Å². The van der Waals surface area contributed by atoms with Gasteiger partial charge < -0.3 is 14.0 Å². The number of halogens is 4. The highest BCUT2D eigenvalue weighted by Gasteiger charge is 2.40. The zero-order valence-electron chi connectivity index (χ0n) is 15.1. The number of carbonyl (C=O) groups excluding carboxylic acids is 1. The Morgan fingerprint density at radius 3 is 2.38 bits per heavy atom. The maximum Gasteiger partial charge on any atom is 0.424 e. The van der Waals surface area contributed by atoms with Crippen LogP contribution in [0, 0.1) is 0 Å². The van der Waals surface area contributed by atoms with Crippen molar-refractivity contribution in [3.63, 3.8) is 0 Å². The molecule has 0 saturated heterocycles. The van der Waals surface area contributed by atoms with E-state index < -0.39 is 29.4 Å². The third kappa shape index (κ3) is 4.96. The number of methoxy groups -OCH3 is 2. The lowest BCUT2D eigenvalue weighted by Gasteiger charge is -2.13. The molecule has 0 saturated carbocycles. The summed E-state index contributed by atoms with van der Waals surface area (Å²) in [6, 6.07) is 1.41. The summed E-state index contributed by atoms with van der Waals surface area (Å²) in [7, 11) is 3.75. The second-order valence-electron chi connectivity index (χ2n) is 5.26. The van der Waals surface area contributed by atoms with Gasteiger partial charge in [-0.1, -0.05) is 6.92 Å². The lowest BCUT2D eigenvalue weighted by molar-refractivity contribution is -0.0944. The highest BCUT2D eigenvalue weighted by molar-refractivity contribution is 6.01. The molecule has 1 aromatic rings. The number of carbonyl (C=O) groups is 1. The van der Waals surface area contributed by atoms with Crippen LogP contribution < -0.4 is 0 Å². The van der Waals surface area contributed by atoms with Crippen molar-refractivity contribution in [2.24, 2.45) is 12.0 Å². The van der Waals surface area contributed by atoms with Crippen LogP contribution in [-0.4, -0.2) is 36.6 Å². The van der Waals surface area contributed by atoms with Crippen molar-refractivity contribution < 1.29 is 31.8 Å². The van der Waals surface area contributed by atoms with Crippen molar-refractivity contribution in [1.82, 2.24) is 4.57 Å². The van der Waals surface area contributed by atoms with Gasteiger partial charge in [-0.3, -0.25) is 0 Å². The number of aromatic nitrogens is 1. The zero-order valence-corrected chi connectivity index (χ0v) is 15.1. The van der Waals surface area contributed by atoms with Crippen LogP contribution in [0.15, 0.2) is 40.6 Å². The van der Waals surface area contributed by atoms with E-state index in [2.05, 4.69) is 9.73 Å². The first kappa shape index (κ1) is 21.5.